The molecule has 1 fully saturated rings. The van der Waals surface area contributed by atoms with E-state index in [1.807, 2.05) is 0 Å². The van der Waals surface area contributed by atoms with E-state index in [-0.39, 0.29) is 19.4 Å². The standard InChI is InChI=1S/C32H60O12S/c1-3-5-7-9-11-12-13-14-15-17-18-20-27(33)41-22-25(43-28(34)21-19-16-10-8-6-4-2)23-42-32-31(37)30(36)29(35)26(44-32)24-45(38,39)40/h25-26,29-32,35-37H,3-24H2,1-2H3,(H,38,39,40)/t25-,26-,29-,30+,31-,32-/m1/s1. The number of hydrogen-bond donors (Lipinski definition) is 4. The average Bonchev–Trinajstić information content (AvgIpc) is 2.99. The third-order valence-corrected chi connectivity index (χ3v) is 8.69. The summed E-state index contributed by atoms with van der Waals surface area (Å²) in [6.07, 6.45) is 9.33. The van der Waals surface area contributed by atoms with Crippen LogP contribution in [0.1, 0.15) is 136 Å². The fourth-order valence-electron chi connectivity index (χ4n) is 5.20. The quantitative estimate of drug-likeness (QED) is 0.0542. The molecule has 0 radical (unpaired) electrons. The van der Waals surface area contributed by atoms with Gasteiger partial charge in [0.2, 0.25) is 0 Å². The molecule has 0 unspecified atom stereocenters. The maximum Gasteiger partial charge on any atom is 0.306 e. The zero-order valence-corrected chi connectivity index (χ0v) is 28.3. The molecule has 1 heterocycles. The number of aliphatic hydroxyl groups excluding tert-OH is 3. The van der Waals surface area contributed by atoms with Gasteiger partial charge in [-0.1, -0.05) is 110 Å². The van der Waals surface area contributed by atoms with Crippen LogP contribution < -0.4 is 0 Å². The summed E-state index contributed by atoms with van der Waals surface area (Å²) in [5, 5.41) is 30.5. The third-order valence-electron chi connectivity index (χ3n) is 7.94. The highest BCUT2D eigenvalue weighted by molar-refractivity contribution is 7.85. The van der Waals surface area contributed by atoms with Gasteiger partial charge in [-0.3, -0.25) is 14.1 Å². The zero-order valence-electron chi connectivity index (χ0n) is 27.5. The average molecular weight is 669 g/mol. The molecule has 45 heavy (non-hydrogen) atoms. The van der Waals surface area contributed by atoms with Crippen LogP contribution in [-0.4, -0.2) is 96.0 Å². The van der Waals surface area contributed by atoms with Crippen molar-refractivity contribution in [3.63, 3.8) is 0 Å². The number of rotatable bonds is 27. The predicted octanol–water partition coefficient (Wildman–Crippen LogP) is 4.61. The third kappa shape index (κ3) is 20.5. The molecule has 0 spiro atoms. The van der Waals surface area contributed by atoms with Crippen molar-refractivity contribution in [1.82, 2.24) is 0 Å². The van der Waals surface area contributed by atoms with E-state index in [0.717, 1.165) is 51.4 Å². The molecule has 0 saturated carbocycles. The monoisotopic (exact) mass is 668 g/mol. The first-order valence-electron chi connectivity index (χ1n) is 17.1. The Bertz CT molecular complexity index is 883. The maximum absolute atomic E-state index is 12.5. The van der Waals surface area contributed by atoms with Gasteiger partial charge in [-0.25, -0.2) is 0 Å². The van der Waals surface area contributed by atoms with E-state index in [4.69, 9.17) is 23.5 Å². The summed E-state index contributed by atoms with van der Waals surface area (Å²) in [7, 11) is -4.58. The van der Waals surface area contributed by atoms with Gasteiger partial charge in [0.15, 0.2) is 12.4 Å². The second-order valence-electron chi connectivity index (χ2n) is 12.2. The van der Waals surface area contributed by atoms with Crippen LogP contribution in [0, 0.1) is 0 Å². The lowest BCUT2D eigenvalue weighted by Crippen LogP contribution is -2.60. The van der Waals surface area contributed by atoms with E-state index >= 15 is 0 Å². The highest BCUT2D eigenvalue weighted by Crippen LogP contribution is 2.24. The molecule has 0 bridgehead atoms. The first kappa shape index (κ1) is 41.7. The highest BCUT2D eigenvalue weighted by Gasteiger charge is 2.46. The summed E-state index contributed by atoms with van der Waals surface area (Å²) in [6.45, 7) is 3.63. The molecule has 0 amide bonds. The van der Waals surface area contributed by atoms with Crippen LogP contribution >= 0.6 is 0 Å². The Morgan fingerprint density at radius 1 is 0.667 bits per heavy atom. The van der Waals surface area contributed by atoms with Crippen LogP contribution in [0.3, 0.4) is 0 Å². The first-order valence-corrected chi connectivity index (χ1v) is 18.7. The van der Waals surface area contributed by atoms with Crippen LogP contribution in [0.5, 0.6) is 0 Å². The Morgan fingerprint density at radius 3 is 1.62 bits per heavy atom. The lowest BCUT2D eigenvalue weighted by molar-refractivity contribution is -0.297. The molecule has 0 aromatic rings. The molecule has 266 valence electrons. The number of esters is 2. The molecular formula is C32H60O12S. The molecule has 0 aromatic heterocycles. The molecule has 0 aliphatic carbocycles. The fraction of sp³-hybridized carbons (Fsp3) is 0.938. The Labute approximate surface area is 270 Å². The predicted molar refractivity (Wildman–Crippen MR) is 169 cm³/mol. The minimum Gasteiger partial charge on any atom is -0.462 e. The van der Waals surface area contributed by atoms with Crippen molar-refractivity contribution < 1.29 is 56.8 Å². The SMILES string of the molecule is CCCCCCCCCCCCCC(=O)OC[C@H](CO[C@@H]1O[C@H](CS(=O)(=O)O)[C@@H](O)[C@H](O)[C@H]1O)OC(=O)CCCCCCCC. The molecule has 4 N–H and O–H groups in total. The summed E-state index contributed by atoms with van der Waals surface area (Å²) >= 11 is 0. The van der Waals surface area contributed by atoms with Crippen molar-refractivity contribution in [2.45, 2.75) is 173 Å². The van der Waals surface area contributed by atoms with E-state index in [2.05, 4.69) is 13.8 Å². The number of ether oxygens (including phenoxy) is 4. The summed E-state index contributed by atoms with van der Waals surface area (Å²) < 4.78 is 53.4. The Balaban J connectivity index is 2.55. The van der Waals surface area contributed by atoms with Gasteiger partial charge in [0.05, 0.1) is 6.61 Å². The maximum atomic E-state index is 12.5. The van der Waals surface area contributed by atoms with Crippen molar-refractivity contribution in [3.8, 4) is 0 Å². The van der Waals surface area contributed by atoms with Gasteiger partial charge in [0.1, 0.15) is 36.8 Å². The molecule has 1 aliphatic rings. The zero-order chi connectivity index (χ0) is 33.5. The Hall–Kier alpha value is -1.35. The molecule has 13 heteroatoms. The van der Waals surface area contributed by atoms with Gasteiger partial charge in [-0.05, 0) is 12.8 Å². The number of carbonyl (C=O) groups excluding carboxylic acids is 2. The number of unbranched alkanes of at least 4 members (excludes halogenated alkanes) is 15. The lowest BCUT2D eigenvalue weighted by atomic mass is 10.00. The van der Waals surface area contributed by atoms with Gasteiger partial charge in [0, 0.05) is 12.8 Å². The second kappa shape index (κ2) is 24.8. The second-order valence-corrected chi connectivity index (χ2v) is 13.7. The van der Waals surface area contributed by atoms with Crippen molar-refractivity contribution in [1.29, 1.82) is 0 Å². The van der Waals surface area contributed by atoms with Crippen molar-refractivity contribution in [3.05, 3.63) is 0 Å². The summed E-state index contributed by atoms with van der Waals surface area (Å²) in [5.74, 6) is -1.99. The van der Waals surface area contributed by atoms with Crippen LogP contribution in [0.2, 0.25) is 0 Å². The van der Waals surface area contributed by atoms with Gasteiger partial charge >= 0.3 is 11.9 Å². The molecular weight excluding hydrogens is 608 g/mol. The molecule has 1 aliphatic heterocycles. The van der Waals surface area contributed by atoms with E-state index in [1.165, 1.54) is 44.9 Å². The van der Waals surface area contributed by atoms with Crippen LogP contribution in [0.25, 0.3) is 0 Å². The normalized spacial score (nSPS) is 22.7. The van der Waals surface area contributed by atoms with E-state index in [1.54, 1.807) is 0 Å². The van der Waals surface area contributed by atoms with Gasteiger partial charge < -0.3 is 34.3 Å². The topological polar surface area (TPSA) is 186 Å². The highest BCUT2D eigenvalue weighted by atomic mass is 32.2. The molecule has 1 saturated heterocycles. The minimum absolute atomic E-state index is 0.166. The molecule has 0 aromatic carbocycles. The molecule has 12 nitrogen and oxygen atoms in total. The minimum atomic E-state index is -4.58. The van der Waals surface area contributed by atoms with Crippen LogP contribution in [-0.2, 0) is 38.7 Å². The summed E-state index contributed by atoms with van der Waals surface area (Å²) in [6, 6.07) is 0. The van der Waals surface area contributed by atoms with E-state index < -0.39 is 71.2 Å². The number of hydrogen-bond acceptors (Lipinski definition) is 11. The fourth-order valence-corrected chi connectivity index (χ4v) is 5.89. The first-order chi connectivity index (χ1) is 21.5. The van der Waals surface area contributed by atoms with E-state index in [9.17, 15) is 33.3 Å². The van der Waals surface area contributed by atoms with Crippen molar-refractivity contribution in [2.24, 2.45) is 0 Å². The van der Waals surface area contributed by atoms with Gasteiger partial charge in [-0.15, -0.1) is 0 Å². The molecule has 6 atom stereocenters. The Morgan fingerprint density at radius 2 is 1.13 bits per heavy atom. The smallest absolute Gasteiger partial charge is 0.306 e. The number of aliphatic hydroxyl groups is 3. The number of carbonyl (C=O) groups is 2. The summed E-state index contributed by atoms with van der Waals surface area (Å²) in [5.41, 5.74) is 0. The van der Waals surface area contributed by atoms with E-state index in [0.29, 0.717) is 12.8 Å². The summed E-state index contributed by atoms with van der Waals surface area (Å²) in [4.78, 5) is 24.9. The van der Waals surface area contributed by atoms with Crippen LogP contribution in [0.4, 0.5) is 0 Å². The Kier molecular flexibility index (Phi) is 22.9. The van der Waals surface area contributed by atoms with Crippen molar-refractivity contribution in [2.75, 3.05) is 19.0 Å². The largest absolute Gasteiger partial charge is 0.462 e. The van der Waals surface area contributed by atoms with Gasteiger partial charge in [-0.2, -0.15) is 8.42 Å². The van der Waals surface area contributed by atoms with Crippen LogP contribution in [0.15, 0.2) is 0 Å². The molecule has 1 rings (SSSR count). The van der Waals surface area contributed by atoms with Crippen molar-refractivity contribution >= 4 is 22.1 Å². The van der Waals surface area contributed by atoms with Gasteiger partial charge in [0.25, 0.3) is 10.1 Å². The lowest BCUT2D eigenvalue weighted by Gasteiger charge is -2.40.